The highest BCUT2D eigenvalue weighted by atomic mass is 16.5. The fourth-order valence-electron chi connectivity index (χ4n) is 4.61. The van der Waals surface area contributed by atoms with Crippen LogP contribution in [0.3, 0.4) is 0 Å². The van der Waals surface area contributed by atoms with E-state index in [1.54, 1.807) is 4.90 Å². The minimum absolute atomic E-state index is 0.0718. The van der Waals surface area contributed by atoms with Gasteiger partial charge in [0.05, 0.1) is 0 Å². The van der Waals surface area contributed by atoms with Crippen LogP contribution in [0.2, 0.25) is 0 Å². The molecule has 3 aliphatic rings. The molecular weight excluding hydrogens is 354 g/mol. The van der Waals surface area contributed by atoms with Gasteiger partial charge in [-0.1, -0.05) is 19.9 Å². The summed E-state index contributed by atoms with van der Waals surface area (Å²) < 4.78 is 6.31. The predicted molar refractivity (Wildman–Crippen MR) is 107 cm³/mol. The predicted octanol–water partition coefficient (Wildman–Crippen LogP) is 2.73. The van der Waals surface area contributed by atoms with Gasteiger partial charge in [0.1, 0.15) is 17.9 Å². The Labute approximate surface area is 166 Å². The highest BCUT2D eigenvalue weighted by Crippen LogP contribution is 2.32. The average molecular weight is 383 g/mol. The minimum Gasteiger partial charge on any atom is -0.489 e. The zero-order chi connectivity index (χ0) is 19.7. The number of nitrogens with one attached hydrogen (secondary N) is 2. The number of benzene rings is 1. The molecule has 2 fully saturated rings. The van der Waals surface area contributed by atoms with Crippen molar-refractivity contribution in [1.82, 2.24) is 15.5 Å². The molecule has 0 radical (unpaired) electrons. The number of rotatable bonds is 5. The lowest BCUT2D eigenvalue weighted by Gasteiger charge is -2.32. The quantitative estimate of drug-likeness (QED) is 0.820. The highest BCUT2D eigenvalue weighted by Gasteiger charge is 2.38. The molecule has 1 aliphatic carbocycles. The Hall–Kier alpha value is -2.34. The van der Waals surface area contributed by atoms with Crippen molar-refractivity contribution in [3.05, 3.63) is 41.6 Å². The van der Waals surface area contributed by atoms with Crippen molar-refractivity contribution < 1.29 is 14.3 Å². The number of piperidine rings is 1. The number of carbonyl (C=O) groups excluding carboxylic acids is 2. The van der Waals surface area contributed by atoms with Gasteiger partial charge < -0.3 is 20.3 Å². The highest BCUT2D eigenvalue weighted by molar-refractivity contribution is 6.01. The van der Waals surface area contributed by atoms with E-state index >= 15 is 0 Å². The molecule has 0 spiro atoms. The summed E-state index contributed by atoms with van der Waals surface area (Å²) >= 11 is 0. The second-order valence-corrected chi connectivity index (χ2v) is 8.00. The van der Waals surface area contributed by atoms with E-state index in [1.807, 2.05) is 18.2 Å². The van der Waals surface area contributed by atoms with Crippen LogP contribution in [-0.2, 0) is 11.3 Å². The van der Waals surface area contributed by atoms with Crippen molar-refractivity contribution in [2.75, 3.05) is 6.54 Å². The monoisotopic (exact) mass is 383 g/mol. The van der Waals surface area contributed by atoms with E-state index in [0.29, 0.717) is 31.0 Å². The molecular formula is C22H29N3O3. The number of allylic oxidation sites excluding steroid dienone is 1. The maximum atomic E-state index is 12.8. The summed E-state index contributed by atoms with van der Waals surface area (Å²) in [5.41, 5.74) is 2.34. The van der Waals surface area contributed by atoms with Crippen LogP contribution >= 0.6 is 0 Å². The molecule has 6 nitrogen and oxygen atoms in total. The third-order valence-electron chi connectivity index (χ3n) is 6.06. The summed E-state index contributed by atoms with van der Waals surface area (Å²) in [6.07, 6.45) is 6.10. The lowest BCUT2D eigenvalue weighted by molar-refractivity contribution is -0.126. The smallest absolute Gasteiger partial charge is 0.255 e. The SMILES string of the molecule is C=C1CCC(N2Cc3cc(O[C@H]4CCCC[C@@H]4NCC)ccc3C2=O)C(=O)N1. The van der Waals surface area contributed by atoms with Gasteiger partial charge in [0, 0.05) is 23.8 Å². The normalized spacial score (nSPS) is 27.5. The van der Waals surface area contributed by atoms with Gasteiger partial charge in [-0.15, -0.1) is 0 Å². The Morgan fingerprint density at radius 2 is 2.07 bits per heavy atom. The van der Waals surface area contributed by atoms with Crippen molar-refractivity contribution in [2.45, 2.75) is 70.2 Å². The van der Waals surface area contributed by atoms with Crippen LogP contribution in [0.4, 0.5) is 0 Å². The van der Waals surface area contributed by atoms with Crippen LogP contribution in [0.25, 0.3) is 0 Å². The van der Waals surface area contributed by atoms with Crippen molar-refractivity contribution >= 4 is 11.8 Å². The number of carbonyl (C=O) groups is 2. The van der Waals surface area contributed by atoms with Crippen molar-refractivity contribution in [3.8, 4) is 5.75 Å². The third kappa shape index (κ3) is 3.65. The molecule has 0 bridgehead atoms. The van der Waals surface area contributed by atoms with Gasteiger partial charge in [0.25, 0.3) is 5.91 Å². The molecule has 150 valence electrons. The number of hydrogen-bond acceptors (Lipinski definition) is 4. The zero-order valence-electron chi connectivity index (χ0n) is 16.5. The molecule has 1 aromatic carbocycles. The van der Waals surface area contributed by atoms with Gasteiger partial charge in [0.15, 0.2) is 0 Å². The van der Waals surface area contributed by atoms with E-state index in [9.17, 15) is 9.59 Å². The topological polar surface area (TPSA) is 70.7 Å². The van der Waals surface area contributed by atoms with Crippen molar-refractivity contribution in [2.24, 2.45) is 0 Å². The van der Waals surface area contributed by atoms with Crippen LogP contribution < -0.4 is 15.4 Å². The van der Waals surface area contributed by atoms with Gasteiger partial charge in [-0.25, -0.2) is 0 Å². The first-order chi connectivity index (χ1) is 13.6. The van der Waals surface area contributed by atoms with E-state index in [2.05, 4.69) is 24.1 Å². The fraction of sp³-hybridized carbons (Fsp3) is 0.545. The average Bonchev–Trinajstić information content (AvgIpc) is 2.99. The van der Waals surface area contributed by atoms with Crippen LogP contribution in [0.15, 0.2) is 30.5 Å². The molecule has 1 saturated heterocycles. The summed E-state index contributed by atoms with van der Waals surface area (Å²) in [5.74, 6) is 0.603. The summed E-state index contributed by atoms with van der Waals surface area (Å²) in [4.78, 5) is 26.8. The molecule has 2 amide bonds. The number of likely N-dealkylation sites (N-methyl/N-ethyl adjacent to an activating group) is 1. The second kappa shape index (κ2) is 7.95. The number of fused-ring (bicyclic) bond motifs is 1. The summed E-state index contributed by atoms with van der Waals surface area (Å²) in [5, 5.41) is 6.31. The maximum Gasteiger partial charge on any atom is 0.255 e. The van der Waals surface area contributed by atoms with Crippen LogP contribution in [-0.4, -0.2) is 41.4 Å². The molecule has 2 aliphatic heterocycles. The first kappa shape index (κ1) is 19.0. The molecule has 1 saturated carbocycles. The van der Waals surface area contributed by atoms with Crippen molar-refractivity contribution in [1.29, 1.82) is 0 Å². The van der Waals surface area contributed by atoms with Gasteiger partial charge in [-0.3, -0.25) is 9.59 Å². The van der Waals surface area contributed by atoms with Gasteiger partial charge in [0.2, 0.25) is 5.91 Å². The number of hydrogen-bond donors (Lipinski definition) is 2. The van der Waals surface area contributed by atoms with Gasteiger partial charge in [-0.2, -0.15) is 0 Å². The molecule has 2 N–H and O–H groups in total. The molecule has 6 heteroatoms. The summed E-state index contributed by atoms with van der Waals surface area (Å²) in [7, 11) is 0. The Morgan fingerprint density at radius 1 is 1.25 bits per heavy atom. The fourth-order valence-corrected chi connectivity index (χ4v) is 4.61. The third-order valence-corrected chi connectivity index (χ3v) is 6.06. The first-order valence-electron chi connectivity index (χ1n) is 10.4. The van der Waals surface area contributed by atoms with Crippen LogP contribution in [0.5, 0.6) is 5.75 Å². The molecule has 1 unspecified atom stereocenters. The second-order valence-electron chi connectivity index (χ2n) is 8.00. The molecule has 3 atom stereocenters. The largest absolute Gasteiger partial charge is 0.489 e. The Morgan fingerprint density at radius 3 is 2.86 bits per heavy atom. The lowest BCUT2D eigenvalue weighted by Crippen LogP contribution is -2.49. The number of ether oxygens (including phenoxy) is 1. The van der Waals surface area contributed by atoms with Crippen LogP contribution in [0.1, 0.15) is 61.4 Å². The van der Waals surface area contributed by atoms with Gasteiger partial charge in [-0.05, 0) is 62.4 Å². The molecule has 0 aromatic heterocycles. The molecule has 4 rings (SSSR count). The standard InChI is InChI=1S/C22H29N3O3/c1-3-23-18-6-4-5-7-20(18)28-16-9-10-17-15(12-16)13-25(22(17)27)19-11-8-14(2)24-21(19)26/h9-10,12,18-20,23H,2-8,11,13H2,1H3,(H,24,26)/t18-,19?,20-/m0/s1. The maximum absolute atomic E-state index is 12.8. The molecule has 1 aromatic rings. The molecule has 28 heavy (non-hydrogen) atoms. The van der Waals surface area contributed by atoms with Gasteiger partial charge >= 0.3 is 0 Å². The number of nitrogens with zero attached hydrogens (tertiary/aromatic N) is 1. The summed E-state index contributed by atoms with van der Waals surface area (Å²) in [6, 6.07) is 5.67. The van der Waals surface area contributed by atoms with E-state index < -0.39 is 6.04 Å². The summed E-state index contributed by atoms with van der Waals surface area (Å²) in [6.45, 7) is 7.33. The van der Waals surface area contributed by atoms with Crippen molar-refractivity contribution in [3.63, 3.8) is 0 Å². The van der Waals surface area contributed by atoms with Crippen LogP contribution in [0, 0.1) is 0 Å². The molecule has 2 heterocycles. The zero-order valence-corrected chi connectivity index (χ0v) is 16.5. The lowest BCUT2D eigenvalue weighted by atomic mass is 9.92. The van der Waals surface area contributed by atoms with E-state index in [4.69, 9.17) is 4.74 Å². The number of amides is 2. The van der Waals surface area contributed by atoms with E-state index in [-0.39, 0.29) is 17.9 Å². The first-order valence-corrected chi connectivity index (χ1v) is 10.4. The van der Waals surface area contributed by atoms with E-state index in [0.717, 1.165) is 36.4 Å². The minimum atomic E-state index is -0.425. The Kier molecular flexibility index (Phi) is 5.40. The Balaban J connectivity index is 1.48. The Bertz CT molecular complexity index is 789. The van der Waals surface area contributed by atoms with E-state index in [1.165, 1.54) is 12.8 Å².